The maximum absolute atomic E-state index is 10.7. The lowest BCUT2D eigenvalue weighted by atomic mass is 10.2. The average molecular weight is 460 g/mol. The van der Waals surface area contributed by atoms with Crippen LogP contribution in [0.15, 0.2) is 45.6 Å². The number of pyridine rings is 2. The van der Waals surface area contributed by atoms with Gasteiger partial charge in [0, 0.05) is 21.3 Å². The minimum absolute atomic E-state index is 0.0748. The van der Waals surface area contributed by atoms with E-state index in [0.29, 0.717) is 12.3 Å². The van der Waals surface area contributed by atoms with E-state index in [9.17, 15) is 4.79 Å². The van der Waals surface area contributed by atoms with Gasteiger partial charge in [-0.15, -0.1) is 0 Å². The molecule has 2 atom stereocenters. The highest BCUT2D eigenvalue weighted by molar-refractivity contribution is 9.10. The van der Waals surface area contributed by atoms with Gasteiger partial charge >= 0.3 is 6.09 Å². The Morgan fingerprint density at radius 1 is 1.25 bits per heavy atom. The SMILES string of the molecule is N[C@@H](CO)c1ccc(Br)cn1.O=C1N[C@H](c2ccc(Br)cn2)CO1. The third-order valence-corrected chi connectivity index (χ3v) is 4.05. The Hall–Kier alpha value is -1.55. The summed E-state index contributed by atoms with van der Waals surface area (Å²) in [5, 5.41) is 11.3. The smallest absolute Gasteiger partial charge is 0.407 e. The van der Waals surface area contributed by atoms with Gasteiger partial charge in [0.15, 0.2) is 0 Å². The number of ether oxygens (including phenoxy) is 1. The zero-order valence-corrected chi connectivity index (χ0v) is 15.7. The van der Waals surface area contributed by atoms with Crippen LogP contribution in [0, 0.1) is 0 Å². The fourth-order valence-corrected chi connectivity index (χ4v) is 2.31. The molecule has 3 rings (SSSR count). The van der Waals surface area contributed by atoms with E-state index in [1.165, 1.54) is 0 Å². The molecule has 2 aromatic rings. The number of nitrogens with zero attached hydrogens (tertiary/aromatic N) is 2. The summed E-state index contributed by atoms with van der Waals surface area (Å²) < 4.78 is 6.58. The standard InChI is InChI=1S/C8H7BrN2O2.C7H9BrN2O/c9-5-1-2-6(10-3-5)7-4-13-8(12)11-7;8-5-1-2-7(10-3-5)6(9)4-11/h1-3,7H,4H2,(H,11,12);1-3,6,11H,4,9H2/t7-;6-/m00/s1. The minimum atomic E-state index is -0.380. The van der Waals surface area contributed by atoms with Crippen LogP contribution in [0.3, 0.4) is 0 Å². The first kappa shape index (κ1) is 18.8. The molecule has 0 radical (unpaired) electrons. The summed E-state index contributed by atoms with van der Waals surface area (Å²) in [6.45, 7) is 0.280. The Balaban J connectivity index is 0.000000177. The van der Waals surface area contributed by atoms with Crippen LogP contribution >= 0.6 is 31.9 Å². The second-order valence-corrected chi connectivity index (χ2v) is 6.72. The molecule has 1 aliphatic rings. The topological polar surface area (TPSA) is 110 Å². The van der Waals surface area contributed by atoms with Crippen LogP contribution in [0.25, 0.3) is 0 Å². The molecule has 0 bridgehead atoms. The van der Waals surface area contributed by atoms with E-state index in [1.54, 1.807) is 18.5 Å². The van der Waals surface area contributed by atoms with Crippen LogP contribution in [-0.4, -0.2) is 34.4 Å². The molecule has 1 fully saturated rings. The van der Waals surface area contributed by atoms with Gasteiger partial charge in [-0.05, 0) is 56.1 Å². The van der Waals surface area contributed by atoms with Gasteiger partial charge in [-0.25, -0.2) is 4.79 Å². The molecule has 1 amide bonds. The number of halogens is 2. The first-order chi connectivity index (χ1) is 11.5. The molecule has 0 aliphatic carbocycles. The number of rotatable bonds is 3. The predicted octanol–water partition coefficient (Wildman–Crippen LogP) is 2.46. The molecule has 2 aromatic heterocycles. The van der Waals surface area contributed by atoms with Crippen molar-refractivity contribution >= 4 is 38.0 Å². The van der Waals surface area contributed by atoms with Crippen molar-refractivity contribution in [2.24, 2.45) is 5.73 Å². The summed E-state index contributed by atoms with van der Waals surface area (Å²) in [6, 6.07) is 6.88. The van der Waals surface area contributed by atoms with Crippen LogP contribution in [0.1, 0.15) is 23.5 Å². The molecular formula is C15H16Br2N4O3. The number of aliphatic hydroxyl groups is 1. The highest BCUT2D eigenvalue weighted by Crippen LogP contribution is 2.17. The van der Waals surface area contributed by atoms with E-state index in [0.717, 1.165) is 14.6 Å². The molecule has 24 heavy (non-hydrogen) atoms. The van der Waals surface area contributed by atoms with Crippen LogP contribution < -0.4 is 11.1 Å². The Morgan fingerprint density at radius 3 is 2.38 bits per heavy atom. The molecule has 9 heteroatoms. The highest BCUT2D eigenvalue weighted by atomic mass is 79.9. The molecule has 1 saturated heterocycles. The molecule has 0 aromatic carbocycles. The van der Waals surface area contributed by atoms with Crippen molar-refractivity contribution < 1.29 is 14.6 Å². The number of aromatic nitrogens is 2. The third kappa shape index (κ3) is 5.52. The highest BCUT2D eigenvalue weighted by Gasteiger charge is 2.24. The Bertz CT molecular complexity index is 667. The fourth-order valence-electron chi connectivity index (χ4n) is 1.84. The largest absolute Gasteiger partial charge is 0.447 e. The molecule has 4 N–H and O–H groups in total. The Labute approximate surface area is 155 Å². The van der Waals surface area contributed by atoms with Crippen LogP contribution in [0.4, 0.5) is 4.79 Å². The maximum atomic E-state index is 10.7. The van der Waals surface area contributed by atoms with Gasteiger partial charge in [0.05, 0.1) is 24.0 Å². The molecule has 0 spiro atoms. The van der Waals surface area contributed by atoms with E-state index in [-0.39, 0.29) is 24.8 Å². The average Bonchev–Trinajstić information content (AvgIpc) is 3.02. The number of nitrogens with two attached hydrogens (primary N) is 1. The van der Waals surface area contributed by atoms with Gasteiger partial charge in [0.2, 0.25) is 0 Å². The van der Waals surface area contributed by atoms with Crippen LogP contribution in [-0.2, 0) is 4.74 Å². The molecule has 1 aliphatic heterocycles. The van der Waals surface area contributed by atoms with Crippen LogP contribution in [0.5, 0.6) is 0 Å². The number of amides is 1. The van der Waals surface area contributed by atoms with Crippen molar-refractivity contribution in [3.8, 4) is 0 Å². The van der Waals surface area contributed by atoms with Crippen molar-refractivity contribution in [2.75, 3.05) is 13.2 Å². The first-order valence-corrected chi connectivity index (χ1v) is 8.61. The monoisotopic (exact) mass is 458 g/mol. The number of cyclic esters (lactones) is 1. The second kappa shape index (κ2) is 9.07. The summed E-state index contributed by atoms with van der Waals surface area (Å²) in [5.41, 5.74) is 7.03. The third-order valence-electron chi connectivity index (χ3n) is 3.11. The van der Waals surface area contributed by atoms with Crippen molar-refractivity contribution in [2.45, 2.75) is 12.1 Å². The maximum Gasteiger partial charge on any atom is 0.407 e. The van der Waals surface area contributed by atoms with Crippen molar-refractivity contribution in [1.29, 1.82) is 0 Å². The predicted molar refractivity (Wildman–Crippen MR) is 95.1 cm³/mol. The number of carbonyl (C=O) groups excluding carboxylic acids is 1. The van der Waals surface area contributed by atoms with Crippen LogP contribution in [0.2, 0.25) is 0 Å². The lowest BCUT2D eigenvalue weighted by Crippen LogP contribution is -2.19. The van der Waals surface area contributed by atoms with Gasteiger partial charge in [0.25, 0.3) is 0 Å². The number of hydrogen-bond donors (Lipinski definition) is 3. The van der Waals surface area contributed by atoms with Crippen molar-refractivity contribution in [3.63, 3.8) is 0 Å². The number of alkyl carbamates (subject to hydrolysis) is 1. The summed E-state index contributed by atoms with van der Waals surface area (Å²) >= 11 is 6.54. The number of carbonyl (C=O) groups is 1. The van der Waals surface area contributed by atoms with Gasteiger partial charge in [-0.2, -0.15) is 0 Å². The molecule has 128 valence electrons. The van der Waals surface area contributed by atoms with Gasteiger partial charge in [0.1, 0.15) is 12.6 Å². The first-order valence-electron chi connectivity index (χ1n) is 7.02. The Kier molecular flexibility index (Phi) is 7.10. The van der Waals surface area contributed by atoms with Gasteiger partial charge < -0.3 is 20.9 Å². The van der Waals surface area contributed by atoms with Crippen molar-refractivity contribution in [1.82, 2.24) is 15.3 Å². The molecule has 0 unspecified atom stereocenters. The lowest BCUT2D eigenvalue weighted by Gasteiger charge is -2.05. The number of nitrogens with one attached hydrogen (secondary N) is 1. The van der Waals surface area contributed by atoms with Crippen molar-refractivity contribution in [3.05, 3.63) is 57.0 Å². The van der Waals surface area contributed by atoms with E-state index in [2.05, 4.69) is 47.1 Å². The zero-order valence-electron chi connectivity index (χ0n) is 12.5. The lowest BCUT2D eigenvalue weighted by molar-refractivity contribution is 0.177. The molecule has 7 nitrogen and oxygen atoms in total. The second-order valence-electron chi connectivity index (χ2n) is 4.89. The number of hydrogen-bond acceptors (Lipinski definition) is 6. The normalized spacial score (nSPS) is 17.3. The fraction of sp³-hybridized carbons (Fsp3) is 0.267. The minimum Gasteiger partial charge on any atom is -0.447 e. The van der Waals surface area contributed by atoms with Gasteiger partial charge in [-0.3, -0.25) is 9.97 Å². The molecule has 3 heterocycles. The van der Waals surface area contributed by atoms with E-state index < -0.39 is 0 Å². The molecule has 0 saturated carbocycles. The summed E-state index contributed by atoms with van der Waals surface area (Å²) in [7, 11) is 0. The number of aliphatic hydroxyl groups excluding tert-OH is 1. The Morgan fingerprint density at radius 2 is 1.92 bits per heavy atom. The summed E-state index contributed by atoms with van der Waals surface area (Å²) in [4.78, 5) is 18.9. The van der Waals surface area contributed by atoms with E-state index in [1.807, 2.05) is 18.2 Å². The molecular weight excluding hydrogens is 444 g/mol. The van der Waals surface area contributed by atoms with Gasteiger partial charge in [-0.1, -0.05) is 0 Å². The zero-order chi connectivity index (χ0) is 17.5. The summed E-state index contributed by atoms with van der Waals surface area (Å²) in [5.74, 6) is 0. The quantitative estimate of drug-likeness (QED) is 0.650. The van der Waals surface area contributed by atoms with E-state index >= 15 is 0 Å². The van der Waals surface area contributed by atoms with E-state index in [4.69, 9.17) is 15.6 Å². The summed E-state index contributed by atoms with van der Waals surface area (Å²) in [6.07, 6.45) is 2.97.